The van der Waals surface area contributed by atoms with Crippen LogP contribution in [0.3, 0.4) is 0 Å². The van der Waals surface area contributed by atoms with Crippen LogP contribution < -0.4 is 18.9 Å². The Hall–Kier alpha value is -2.45. The summed E-state index contributed by atoms with van der Waals surface area (Å²) in [6.07, 6.45) is -0.169. The van der Waals surface area contributed by atoms with Crippen molar-refractivity contribution in [3.05, 3.63) is 42.5 Å². The van der Waals surface area contributed by atoms with Crippen molar-refractivity contribution >= 4 is 10.0 Å². The van der Waals surface area contributed by atoms with Gasteiger partial charge in [-0.1, -0.05) is 0 Å². The summed E-state index contributed by atoms with van der Waals surface area (Å²) in [6.45, 7) is 0.728. The zero-order chi connectivity index (χ0) is 17.4. The van der Waals surface area contributed by atoms with Gasteiger partial charge in [-0.25, -0.2) is 8.42 Å². The highest BCUT2D eigenvalue weighted by molar-refractivity contribution is 7.89. The maximum Gasteiger partial charge on any atom is 0.243 e. The van der Waals surface area contributed by atoms with Crippen LogP contribution in [0.25, 0.3) is 0 Å². The molecule has 0 aromatic heterocycles. The SMILES string of the molecule is COc1ccc(OC2CN(S(=O)(=O)c3ccc4c(c3)OCO4)C2)cc1. The number of nitrogens with zero attached hydrogens (tertiary/aromatic N) is 1. The van der Waals surface area contributed by atoms with Gasteiger partial charge in [0.25, 0.3) is 0 Å². The van der Waals surface area contributed by atoms with E-state index in [0.717, 1.165) is 5.75 Å². The van der Waals surface area contributed by atoms with Gasteiger partial charge in [-0.05, 0) is 36.4 Å². The van der Waals surface area contributed by atoms with E-state index in [4.69, 9.17) is 18.9 Å². The average Bonchev–Trinajstić information content (AvgIpc) is 3.05. The molecule has 1 fully saturated rings. The van der Waals surface area contributed by atoms with Crippen molar-refractivity contribution in [3.8, 4) is 23.0 Å². The Kier molecular flexibility index (Phi) is 3.93. The molecule has 2 aliphatic heterocycles. The van der Waals surface area contributed by atoms with Crippen LogP contribution in [0, 0.1) is 0 Å². The van der Waals surface area contributed by atoms with Crippen molar-refractivity contribution in [1.29, 1.82) is 0 Å². The molecule has 2 aromatic carbocycles. The van der Waals surface area contributed by atoms with Gasteiger partial charge < -0.3 is 18.9 Å². The Balaban J connectivity index is 1.40. The second-order valence-corrected chi connectivity index (χ2v) is 7.69. The molecule has 8 heteroatoms. The zero-order valence-electron chi connectivity index (χ0n) is 13.5. The van der Waals surface area contributed by atoms with Crippen LogP contribution in [0.5, 0.6) is 23.0 Å². The fraction of sp³-hybridized carbons (Fsp3) is 0.294. The van der Waals surface area contributed by atoms with E-state index in [0.29, 0.717) is 30.3 Å². The van der Waals surface area contributed by atoms with Crippen LogP contribution >= 0.6 is 0 Å². The summed E-state index contributed by atoms with van der Waals surface area (Å²) in [6, 6.07) is 11.8. The molecule has 0 amide bonds. The van der Waals surface area contributed by atoms with Crippen LogP contribution in [0.15, 0.2) is 47.4 Å². The highest BCUT2D eigenvalue weighted by atomic mass is 32.2. The van der Waals surface area contributed by atoms with Gasteiger partial charge in [0.05, 0.1) is 25.1 Å². The third kappa shape index (κ3) is 2.98. The van der Waals surface area contributed by atoms with E-state index >= 15 is 0 Å². The van der Waals surface area contributed by atoms with Gasteiger partial charge in [-0.3, -0.25) is 0 Å². The Bertz CT molecular complexity index is 875. The molecular formula is C17H17NO6S. The van der Waals surface area contributed by atoms with Crippen LogP contribution in [0.2, 0.25) is 0 Å². The van der Waals surface area contributed by atoms with Crippen LogP contribution in [-0.4, -0.2) is 45.8 Å². The minimum Gasteiger partial charge on any atom is -0.497 e. The van der Waals surface area contributed by atoms with E-state index in [-0.39, 0.29) is 17.8 Å². The van der Waals surface area contributed by atoms with Gasteiger partial charge >= 0.3 is 0 Å². The summed E-state index contributed by atoms with van der Waals surface area (Å²) in [5.41, 5.74) is 0. The van der Waals surface area contributed by atoms with E-state index in [1.54, 1.807) is 37.4 Å². The number of ether oxygens (including phenoxy) is 4. The molecule has 0 N–H and O–H groups in total. The smallest absolute Gasteiger partial charge is 0.243 e. The average molecular weight is 363 g/mol. The van der Waals surface area contributed by atoms with E-state index in [9.17, 15) is 8.42 Å². The molecule has 0 atom stereocenters. The van der Waals surface area contributed by atoms with Gasteiger partial charge in [0.15, 0.2) is 11.5 Å². The van der Waals surface area contributed by atoms with Crippen molar-refractivity contribution in [2.45, 2.75) is 11.0 Å². The van der Waals surface area contributed by atoms with Gasteiger partial charge in [0.1, 0.15) is 17.6 Å². The predicted molar refractivity (Wildman–Crippen MR) is 88.7 cm³/mol. The number of fused-ring (bicyclic) bond motifs is 1. The van der Waals surface area contributed by atoms with E-state index in [1.807, 2.05) is 0 Å². The molecule has 2 heterocycles. The minimum atomic E-state index is -3.56. The molecule has 0 aliphatic carbocycles. The number of sulfonamides is 1. The summed E-state index contributed by atoms with van der Waals surface area (Å²) in [4.78, 5) is 0.194. The largest absolute Gasteiger partial charge is 0.497 e. The van der Waals surface area contributed by atoms with Crippen LogP contribution in [0.4, 0.5) is 0 Å². The third-order valence-electron chi connectivity index (χ3n) is 4.16. The lowest BCUT2D eigenvalue weighted by Crippen LogP contribution is -2.55. The maximum atomic E-state index is 12.7. The molecule has 7 nitrogen and oxygen atoms in total. The zero-order valence-corrected chi connectivity index (χ0v) is 14.4. The molecular weight excluding hydrogens is 346 g/mol. The Morgan fingerprint density at radius 3 is 2.40 bits per heavy atom. The Morgan fingerprint density at radius 2 is 1.68 bits per heavy atom. The second kappa shape index (κ2) is 6.12. The molecule has 25 heavy (non-hydrogen) atoms. The summed E-state index contributed by atoms with van der Waals surface area (Å²) in [5, 5.41) is 0. The standard InChI is InChI=1S/C17H17NO6S/c1-21-12-2-4-13(5-3-12)24-14-9-18(10-14)25(19,20)15-6-7-16-17(8-15)23-11-22-16/h2-8,14H,9-11H2,1H3. The second-order valence-electron chi connectivity index (χ2n) is 5.75. The van der Waals surface area contributed by atoms with E-state index < -0.39 is 10.0 Å². The van der Waals surface area contributed by atoms with Crippen molar-refractivity contribution in [1.82, 2.24) is 4.31 Å². The fourth-order valence-electron chi connectivity index (χ4n) is 2.70. The topological polar surface area (TPSA) is 74.3 Å². The molecule has 0 unspecified atom stereocenters. The molecule has 2 aromatic rings. The highest BCUT2D eigenvalue weighted by Gasteiger charge is 2.38. The normalized spacial score (nSPS) is 17.2. The number of hydrogen-bond donors (Lipinski definition) is 0. The molecule has 0 saturated carbocycles. The lowest BCUT2D eigenvalue weighted by atomic mass is 10.2. The predicted octanol–water partition coefficient (Wildman–Crippen LogP) is 1.88. The van der Waals surface area contributed by atoms with Gasteiger partial charge in [0, 0.05) is 6.07 Å². The first-order chi connectivity index (χ1) is 12.1. The third-order valence-corrected chi connectivity index (χ3v) is 5.99. The van der Waals surface area contributed by atoms with Crippen LogP contribution in [-0.2, 0) is 10.0 Å². The Labute approximate surface area is 145 Å². The molecule has 0 spiro atoms. The molecule has 132 valence electrons. The quantitative estimate of drug-likeness (QED) is 0.807. The fourth-order valence-corrected chi connectivity index (χ4v) is 4.22. The first kappa shape index (κ1) is 16.0. The van der Waals surface area contributed by atoms with Crippen molar-refractivity contribution in [3.63, 3.8) is 0 Å². The van der Waals surface area contributed by atoms with Gasteiger partial charge in [-0.2, -0.15) is 4.31 Å². The number of hydrogen-bond acceptors (Lipinski definition) is 6. The first-order valence-electron chi connectivity index (χ1n) is 7.77. The van der Waals surface area contributed by atoms with Crippen molar-refractivity contribution in [2.24, 2.45) is 0 Å². The number of rotatable bonds is 5. The maximum absolute atomic E-state index is 12.7. The lowest BCUT2D eigenvalue weighted by molar-refractivity contribution is 0.0761. The monoisotopic (exact) mass is 363 g/mol. The molecule has 0 bridgehead atoms. The van der Waals surface area contributed by atoms with Gasteiger partial charge in [-0.15, -0.1) is 0 Å². The summed E-state index contributed by atoms with van der Waals surface area (Å²) < 4.78 is 48.0. The molecule has 0 radical (unpaired) electrons. The molecule has 4 rings (SSSR count). The molecule has 1 saturated heterocycles. The van der Waals surface area contributed by atoms with Crippen LogP contribution in [0.1, 0.15) is 0 Å². The van der Waals surface area contributed by atoms with Crippen molar-refractivity contribution < 1.29 is 27.4 Å². The van der Waals surface area contributed by atoms with Crippen molar-refractivity contribution in [2.75, 3.05) is 27.0 Å². The summed E-state index contributed by atoms with van der Waals surface area (Å²) in [7, 11) is -1.96. The number of methoxy groups -OCH3 is 1. The lowest BCUT2D eigenvalue weighted by Gasteiger charge is -2.37. The number of benzene rings is 2. The first-order valence-corrected chi connectivity index (χ1v) is 9.21. The van der Waals surface area contributed by atoms with Gasteiger partial charge in [0.2, 0.25) is 16.8 Å². The minimum absolute atomic E-state index is 0.111. The molecule has 2 aliphatic rings. The highest BCUT2D eigenvalue weighted by Crippen LogP contribution is 2.35. The van der Waals surface area contributed by atoms with E-state index in [2.05, 4.69) is 0 Å². The van der Waals surface area contributed by atoms with E-state index in [1.165, 1.54) is 16.4 Å². The Morgan fingerprint density at radius 1 is 1.00 bits per heavy atom. The summed E-state index contributed by atoms with van der Waals surface area (Å²) >= 11 is 0. The summed E-state index contributed by atoms with van der Waals surface area (Å²) in [5.74, 6) is 2.44.